The minimum Gasteiger partial charge on any atom is -0.491 e. The van der Waals surface area contributed by atoms with Crippen LogP contribution >= 0.6 is 0 Å². The Balaban J connectivity index is 1.86. The summed E-state index contributed by atoms with van der Waals surface area (Å²) in [4.78, 5) is 0. The molecule has 3 heteroatoms. The summed E-state index contributed by atoms with van der Waals surface area (Å²) in [7, 11) is 0. The third-order valence-electron chi connectivity index (χ3n) is 4.36. The maximum atomic E-state index is 14.4. The molecular weight excluding hydrogens is 255 g/mol. The molecule has 1 aliphatic heterocycles. The number of rotatable bonds is 3. The van der Waals surface area contributed by atoms with E-state index < -0.39 is 0 Å². The molecule has 3 atom stereocenters. The fourth-order valence-electron chi connectivity index (χ4n) is 3.48. The lowest BCUT2D eigenvalue weighted by molar-refractivity contribution is 0.139. The smallest absolute Gasteiger partial charge is 0.207 e. The predicted octanol–water partition coefficient (Wildman–Crippen LogP) is 4.45. The Bertz CT molecular complexity index is 524. The van der Waals surface area contributed by atoms with Crippen LogP contribution in [0, 0.1) is 11.7 Å². The topological polar surface area (TPSA) is 18.5 Å². The SMILES string of the molecule is CC=C[C@@H]1CC[C@H]2c3ccc(OCC)c(F)c3OC2C1. The zero-order valence-electron chi connectivity index (χ0n) is 12.1. The number of halogens is 1. The van der Waals surface area contributed by atoms with Crippen molar-refractivity contribution >= 4 is 0 Å². The van der Waals surface area contributed by atoms with E-state index in [1.807, 2.05) is 19.9 Å². The first kappa shape index (κ1) is 13.5. The molecule has 0 amide bonds. The van der Waals surface area contributed by atoms with Crippen molar-refractivity contribution in [3.05, 3.63) is 35.7 Å². The van der Waals surface area contributed by atoms with Gasteiger partial charge >= 0.3 is 0 Å². The minimum absolute atomic E-state index is 0.117. The van der Waals surface area contributed by atoms with Crippen LogP contribution in [0.5, 0.6) is 11.5 Å². The van der Waals surface area contributed by atoms with Crippen LogP contribution in [0.25, 0.3) is 0 Å². The highest BCUT2D eigenvalue weighted by Crippen LogP contribution is 2.49. The van der Waals surface area contributed by atoms with Crippen molar-refractivity contribution in [3.8, 4) is 11.5 Å². The molecule has 1 aliphatic carbocycles. The molecule has 1 aromatic carbocycles. The third kappa shape index (κ3) is 2.19. The van der Waals surface area contributed by atoms with Crippen molar-refractivity contribution in [2.75, 3.05) is 6.61 Å². The molecule has 0 saturated heterocycles. The first-order valence-electron chi connectivity index (χ1n) is 7.49. The molecule has 0 spiro atoms. The molecule has 1 saturated carbocycles. The van der Waals surface area contributed by atoms with E-state index in [0.29, 0.717) is 29.9 Å². The molecular formula is C17H21FO2. The van der Waals surface area contributed by atoms with E-state index in [0.717, 1.165) is 24.8 Å². The summed E-state index contributed by atoms with van der Waals surface area (Å²) >= 11 is 0. The van der Waals surface area contributed by atoms with E-state index in [1.54, 1.807) is 6.07 Å². The monoisotopic (exact) mass is 276 g/mol. The van der Waals surface area contributed by atoms with Crippen LogP contribution < -0.4 is 9.47 Å². The fourth-order valence-corrected chi connectivity index (χ4v) is 3.48. The maximum Gasteiger partial charge on any atom is 0.207 e. The first-order valence-corrected chi connectivity index (χ1v) is 7.49. The second-order valence-electron chi connectivity index (χ2n) is 5.59. The third-order valence-corrected chi connectivity index (χ3v) is 4.36. The van der Waals surface area contributed by atoms with Crippen molar-refractivity contribution in [2.45, 2.75) is 45.1 Å². The van der Waals surface area contributed by atoms with Crippen LogP contribution in [0.4, 0.5) is 4.39 Å². The van der Waals surface area contributed by atoms with Gasteiger partial charge in [0, 0.05) is 11.5 Å². The number of hydrogen-bond acceptors (Lipinski definition) is 2. The highest BCUT2D eigenvalue weighted by Gasteiger charge is 2.40. The number of ether oxygens (including phenoxy) is 2. The van der Waals surface area contributed by atoms with E-state index in [2.05, 4.69) is 12.2 Å². The molecule has 20 heavy (non-hydrogen) atoms. The molecule has 0 N–H and O–H groups in total. The van der Waals surface area contributed by atoms with Gasteiger partial charge in [0.25, 0.3) is 0 Å². The summed E-state index contributed by atoms with van der Waals surface area (Å²) in [5, 5.41) is 0. The average Bonchev–Trinajstić information content (AvgIpc) is 2.81. The average molecular weight is 276 g/mol. The summed E-state index contributed by atoms with van der Waals surface area (Å²) in [6, 6.07) is 3.71. The van der Waals surface area contributed by atoms with E-state index >= 15 is 0 Å². The van der Waals surface area contributed by atoms with Gasteiger partial charge in [0.2, 0.25) is 5.82 Å². The second-order valence-corrected chi connectivity index (χ2v) is 5.59. The summed E-state index contributed by atoms with van der Waals surface area (Å²) in [5.74, 6) is 1.30. The standard InChI is InChI=1S/C17H21FO2/c1-3-5-11-6-7-12-13-8-9-14(19-4-2)16(18)17(13)20-15(12)10-11/h3,5,8-9,11-12,15H,4,6-7,10H2,1-2H3/t11-,12+,15?/m1/s1. The van der Waals surface area contributed by atoms with Crippen LogP contribution in [0.3, 0.4) is 0 Å². The van der Waals surface area contributed by atoms with Gasteiger partial charge in [-0.2, -0.15) is 4.39 Å². The van der Waals surface area contributed by atoms with Crippen LogP contribution in [-0.4, -0.2) is 12.7 Å². The van der Waals surface area contributed by atoms with Gasteiger partial charge in [-0.3, -0.25) is 0 Å². The normalized spacial score (nSPS) is 28.1. The molecule has 3 rings (SSSR count). The van der Waals surface area contributed by atoms with Gasteiger partial charge < -0.3 is 9.47 Å². The highest BCUT2D eigenvalue weighted by molar-refractivity contribution is 5.48. The Labute approximate surface area is 119 Å². The van der Waals surface area contributed by atoms with Crippen molar-refractivity contribution in [1.82, 2.24) is 0 Å². The maximum absolute atomic E-state index is 14.4. The quantitative estimate of drug-likeness (QED) is 0.760. The summed E-state index contributed by atoms with van der Waals surface area (Å²) < 4.78 is 25.6. The van der Waals surface area contributed by atoms with Gasteiger partial charge in [-0.1, -0.05) is 18.2 Å². The Hall–Kier alpha value is -1.51. The highest BCUT2D eigenvalue weighted by atomic mass is 19.1. The molecule has 2 nitrogen and oxygen atoms in total. The van der Waals surface area contributed by atoms with Crippen LogP contribution in [-0.2, 0) is 0 Å². The largest absolute Gasteiger partial charge is 0.491 e. The number of allylic oxidation sites excluding steroid dienone is 2. The Kier molecular flexibility index (Phi) is 3.68. The lowest BCUT2D eigenvalue weighted by atomic mass is 9.78. The Morgan fingerprint density at radius 2 is 2.25 bits per heavy atom. The van der Waals surface area contributed by atoms with Crippen LogP contribution in [0.2, 0.25) is 0 Å². The molecule has 0 radical (unpaired) electrons. The molecule has 0 aromatic heterocycles. The first-order chi connectivity index (χ1) is 9.74. The number of fused-ring (bicyclic) bond motifs is 3. The van der Waals surface area contributed by atoms with E-state index in [4.69, 9.17) is 9.47 Å². The van der Waals surface area contributed by atoms with Crippen molar-refractivity contribution in [1.29, 1.82) is 0 Å². The lowest BCUT2D eigenvalue weighted by Gasteiger charge is -2.29. The van der Waals surface area contributed by atoms with Crippen molar-refractivity contribution in [3.63, 3.8) is 0 Å². The molecule has 1 unspecified atom stereocenters. The minimum atomic E-state index is -0.332. The second kappa shape index (κ2) is 5.47. The fraction of sp³-hybridized carbons (Fsp3) is 0.529. The lowest BCUT2D eigenvalue weighted by Crippen LogP contribution is -2.27. The van der Waals surface area contributed by atoms with Crippen molar-refractivity contribution < 1.29 is 13.9 Å². The molecule has 1 aromatic rings. The molecule has 108 valence electrons. The molecule has 0 bridgehead atoms. The van der Waals surface area contributed by atoms with Gasteiger partial charge in [0.15, 0.2) is 11.5 Å². The van der Waals surface area contributed by atoms with Gasteiger partial charge in [0.05, 0.1) is 6.61 Å². The molecule has 2 aliphatic rings. The van der Waals surface area contributed by atoms with Crippen LogP contribution in [0.1, 0.15) is 44.6 Å². The van der Waals surface area contributed by atoms with Gasteiger partial charge in [0.1, 0.15) is 6.10 Å². The molecule has 1 fully saturated rings. The zero-order chi connectivity index (χ0) is 14.1. The Morgan fingerprint density at radius 1 is 1.40 bits per heavy atom. The van der Waals surface area contributed by atoms with Gasteiger partial charge in [-0.25, -0.2) is 0 Å². The van der Waals surface area contributed by atoms with E-state index in [-0.39, 0.29) is 11.9 Å². The summed E-state index contributed by atoms with van der Waals surface area (Å²) in [5.41, 5.74) is 1.02. The van der Waals surface area contributed by atoms with E-state index in [1.165, 1.54) is 0 Å². The van der Waals surface area contributed by atoms with Crippen molar-refractivity contribution in [2.24, 2.45) is 5.92 Å². The number of hydrogen-bond donors (Lipinski definition) is 0. The van der Waals surface area contributed by atoms with E-state index in [9.17, 15) is 4.39 Å². The van der Waals surface area contributed by atoms with Gasteiger partial charge in [-0.05, 0) is 45.1 Å². The van der Waals surface area contributed by atoms with Gasteiger partial charge in [-0.15, -0.1) is 0 Å². The predicted molar refractivity (Wildman–Crippen MR) is 76.9 cm³/mol. The summed E-state index contributed by atoms with van der Waals surface area (Å²) in [6.45, 7) is 4.37. The molecule has 1 heterocycles. The zero-order valence-corrected chi connectivity index (χ0v) is 12.1. The number of benzene rings is 1. The summed E-state index contributed by atoms with van der Waals surface area (Å²) in [6.07, 6.45) is 7.66. The Morgan fingerprint density at radius 3 is 3.00 bits per heavy atom. The van der Waals surface area contributed by atoms with Crippen LogP contribution in [0.15, 0.2) is 24.3 Å².